The fourth-order valence-corrected chi connectivity index (χ4v) is 0.782. The Morgan fingerprint density at radius 2 is 2.40 bits per heavy atom. The van der Waals surface area contributed by atoms with Crippen LogP contribution >= 0.6 is 11.6 Å². The fourth-order valence-electron chi connectivity index (χ4n) is 0.568. The third-order valence-electron chi connectivity index (χ3n) is 1.08. The van der Waals surface area contributed by atoms with E-state index in [4.69, 9.17) is 16.7 Å². The lowest BCUT2D eigenvalue weighted by molar-refractivity contribution is 0.461. The van der Waals surface area contributed by atoms with E-state index in [0.717, 1.165) is 12.3 Å². The van der Waals surface area contributed by atoms with Gasteiger partial charge in [0.1, 0.15) is 5.75 Å². The molecule has 0 spiro atoms. The van der Waals surface area contributed by atoms with Gasteiger partial charge in [0.2, 0.25) is 5.95 Å². The molecular weight excluding hydrogens is 157 g/mol. The molecule has 0 fully saturated rings. The van der Waals surface area contributed by atoms with Gasteiger partial charge in [-0.1, -0.05) is 0 Å². The summed E-state index contributed by atoms with van der Waals surface area (Å²) in [6.07, 6.45) is 1.03. The second-order valence-electron chi connectivity index (χ2n) is 1.77. The zero-order valence-electron chi connectivity index (χ0n) is 5.01. The molecule has 0 bridgehead atoms. The minimum absolute atomic E-state index is 0.0728. The summed E-state index contributed by atoms with van der Waals surface area (Å²) in [4.78, 5) is 3.21. The van der Waals surface area contributed by atoms with Crippen LogP contribution in [0.2, 0.25) is 0 Å². The first-order chi connectivity index (χ1) is 4.74. The van der Waals surface area contributed by atoms with Gasteiger partial charge in [0, 0.05) is 11.6 Å². The molecule has 2 nitrogen and oxygen atoms in total. The predicted octanol–water partition coefficient (Wildman–Crippen LogP) is 1.67. The zero-order chi connectivity index (χ0) is 7.56. The average Bonchev–Trinajstić information content (AvgIpc) is 1.94. The highest BCUT2D eigenvalue weighted by molar-refractivity contribution is 6.17. The van der Waals surface area contributed by atoms with Crippen molar-refractivity contribution in [3.05, 3.63) is 23.8 Å². The molecule has 0 aliphatic heterocycles. The molecule has 0 aromatic carbocycles. The van der Waals surface area contributed by atoms with E-state index < -0.39 is 5.95 Å². The first kappa shape index (κ1) is 7.28. The Kier molecular flexibility index (Phi) is 2.06. The summed E-state index contributed by atoms with van der Waals surface area (Å²) in [7, 11) is 0. The molecule has 54 valence electrons. The summed E-state index contributed by atoms with van der Waals surface area (Å²) in [5.41, 5.74) is 0.356. The summed E-state index contributed by atoms with van der Waals surface area (Å²) in [6.45, 7) is 0. The van der Waals surface area contributed by atoms with E-state index >= 15 is 0 Å². The lowest BCUT2D eigenvalue weighted by atomic mass is 10.3. The molecule has 0 unspecified atom stereocenters. The van der Waals surface area contributed by atoms with Crippen LogP contribution < -0.4 is 0 Å². The number of alkyl halides is 1. The molecule has 0 amide bonds. The van der Waals surface area contributed by atoms with Crippen molar-refractivity contribution in [2.24, 2.45) is 0 Å². The third-order valence-corrected chi connectivity index (χ3v) is 1.36. The van der Waals surface area contributed by atoms with E-state index in [2.05, 4.69) is 4.98 Å². The maximum Gasteiger partial charge on any atom is 0.213 e. The van der Waals surface area contributed by atoms with Crippen LogP contribution in [-0.4, -0.2) is 10.1 Å². The number of hydrogen-bond acceptors (Lipinski definition) is 2. The molecule has 1 heterocycles. The summed E-state index contributed by atoms with van der Waals surface area (Å²) < 4.78 is 12.3. The molecule has 0 atom stereocenters. The topological polar surface area (TPSA) is 33.1 Å². The van der Waals surface area contributed by atoms with Crippen LogP contribution in [0.5, 0.6) is 5.75 Å². The van der Waals surface area contributed by atoms with Crippen molar-refractivity contribution in [1.29, 1.82) is 0 Å². The Morgan fingerprint density at radius 1 is 1.70 bits per heavy atom. The largest absolute Gasteiger partial charge is 0.506 e. The Hall–Kier alpha value is -0.830. The highest BCUT2D eigenvalue weighted by atomic mass is 35.5. The van der Waals surface area contributed by atoms with Crippen molar-refractivity contribution < 1.29 is 9.50 Å². The van der Waals surface area contributed by atoms with Crippen LogP contribution in [-0.2, 0) is 5.88 Å². The molecule has 1 N–H and O–H groups in total. The maximum atomic E-state index is 12.3. The lowest BCUT2D eigenvalue weighted by Crippen LogP contribution is -1.85. The van der Waals surface area contributed by atoms with E-state index in [0.29, 0.717) is 5.56 Å². The molecule has 1 rings (SSSR count). The van der Waals surface area contributed by atoms with Gasteiger partial charge in [-0.3, -0.25) is 0 Å². The third kappa shape index (κ3) is 1.36. The van der Waals surface area contributed by atoms with E-state index in [-0.39, 0.29) is 11.6 Å². The molecule has 0 aliphatic rings. The van der Waals surface area contributed by atoms with Gasteiger partial charge in [-0.2, -0.15) is 4.39 Å². The number of aromatic hydroxyl groups is 1. The zero-order valence-corrected chi connectivity index (χ0v) is 5.77. The molecule has 1 aromatic rings. The van der Waals surface area contributed by atoms with Crippen molar-refractivity contribution in [3.8, 4) is 5.75 Å². The SMILES string of the molecule is Oc1cnc(F)cc1CCl. The molecule has 0 saturated heterocycles. The Balaban J connectivity index is 3.09. The standard InChI is InChI=1S/C6H5ClFNO/c7-2-4-1-6(8)9-3-5(4)10/h1,3,10H,2H2. The smallest absolute Gasteiger partial charge is 0.213 e. The van der Waals surface area contributed by atoms with Crippen LogP contribution in [0, 0.1) is 5.95 Å². The van der Waals surface area contributed by atoms with Gasteiger partial charge in [-0.25, -0.2) is 4.98 Å². The van der Waals surface area contributed by atoms with Crippen molar-refractivity contribution in [1.82, 2.24) is 4.98 Å². The number of nitrogens with zero attached hydrogens (tertiary/aromatic N) is 1. The quantitative estimate of drug-likeness (QED) is 0.502. The molecule has 4 heteroatoms. The van der Waals surface area contributed by atoms with Crippen LogP contribution in [0.15, 0.2) is 12.3 Å². The fraction of sp³-hybridized carbons (Fsp3) is 0.167. The molecular formula is C6H5ClFNO. The van der Waals surface area contributed by atoms with Crippen molar-refractivity contribution in [2.45, 2.75) is 5.88 Å². The Labute approximate surface area is 62.3 Å². The molecule has 10 heavy (non-hydrogen) atoms. The van der Waals surface area contributed by atoms with E-state index in [1.54, 1.807) is 0 Å². The molecule has 1 aromatic heterocycles. The highest BCUT2D eigenvalue weighted by Crippen LogP contribution is 2.17. The van der Waals surface area contributed by atoms with Crippen molar-refractivity contribution >= 4 is 11.6 Å². The first-order valence-corrected chi connectivity index (χ1v) is 3.17. The van der Waals surface area contributed by atoms with E-state index in [1.165, 1.54) is 0 Å². The Bertz CT molecular complexity index is 241. The van der Waals surface area contributed by atoms with E-state index in [9.17, 15) is 4.39 Å². The van der Waals surface area contributed by atoms with Crippen molar-refractivity contribution in [3.63, 3.8) is 0 Å². The van der Waals surface area contributed by atoms with Gasteiger partial charge in [-0.15, -0.1) is 11.6 Å². The lowest BCUT2D eigenvalue weighted by Gasteiger charge is -1.97. The number of rotatable bonds is 1. The van der Waals surface area contributed by atoms with Gasteiger partial charge in [0.15, 0.2) is 0 Å². The van der Waals surface area contributed by atoms with Crippen LogP contribution in [0.4, 0.5) is 4.39 Å². The summed E-state index contributed by atoms with van der Waals surface area (Å²) in [5.74, 6) is -0.615. The van der Waals surface area contributed by atoms with Crippen LogP contribution in [0.25, 0.3) is 0 Å². The van der Waals surface area contributed by atoms with Gasteiger partial charge in [0.05, 0.1) is 12.1 Å². The second-order valence-corrected chi connectivity index (χ2v) is 2.04. The number of halogens is 2. The molecule has 0 saturated carbocycles. The second kappa shape index (κ2) is 2.84. The first-order valence-electron chi connectivity index (χ1n) is 2.63. The van der Waals surface area contributed by atoms with Gasteiger partial charge < -0.3 is 5.11 Å². The monoisotopic (exact) mass is 161 g/mol. The normalized spacial score (nSPS) is 9.80. The average molecular weight is 162 g/mol. The van der Waals surface area contributed by atoms with E-state index in [1.807, 2.05) is 0 Å². The van der Waals surface area contributed by atoms with Gasteiger partial charge in [-0.05, 0) is 0 Å². The number of hydrogen-bond donors (Lipinski definition) is 1. The van der Waals surface area contributed by atoms with Crippen LogP contribution in [0.1, 0.15) is 5.56 Å². The molecule has 0 radical (unpaired) electrons. The van der Waals surface area contributed by atoms with Crippen LogP contribution in [0.3, 0.4) is 0 Å². The van der Waals surface area contributed by atoms with Crippen molar-refractivity contribution in [2.75, 3.05) is 0 Å². The summed E-state index contributed by atoms with van der Waals surface area (Å²) in [6, 6.07) is 1.10. The number of pyridine rings is 1. The summed E-state index contributed by atoms with van der Waals surface area (Å²) >= 11 is 5.35. The Morgan fingerprint density at radius 3 is 2.90 bits per heavy atom. The maximum absolute atomic E-state index is 12.3. The minimum atomic E-state index is -0.631. The predicted molar refractivity (Wildman–Crippen MR) is 35.4 cm³/mol. The molecule has 0 aliphatic carbocycles. The highest BCUT2D eigenvalue weighted by Gasteiger charge is 2.00. The number of aromatic nitrogens is 1. The minimum Gasteiger partial charge on any atom is -0.506 e. The summed E-state index contributed by atoms with van der Waals surface area (Å²) in [5, 5.41) is 8.92. The van der Waals surface area contributed by atoms with Gasteiger partial charge >= 0.3 is 0 Å². The van der Waals surface area contributed by atoms with Gasteiger partial charge in [0.25, 0.3) is 0 Å².